The summed E-state index contributed by atoms with van der Waals surface area (Å²) >= 11 is 0. The summed E-state index contributed by atoms with van der Waals surface area (Å²) in [6.07, 6.45) is 1.70. The molecule has 0 atom stereocenters. The highest BCUT2D eigenvalue weighted by Gasteiger charge is 2.28. The molecule has 0 spiro atoms. The van der Waals surface area contributed by atoms with Crippen molar-refractivity contribution in [2.24, 2.45) is 0 Å². The molecule has 2 aromatic rings. The van der Waals surface area contributed by atoms with Gasteiger partial charge in [0, 0.05) is 18.6 Å². The van der Waals surface area contributed by atoms with Crippen LogP contribution >= 0.6 is 7.60 Å². The van der Waals surface area contributed by atoms with Gasteiger partial charge < -0.3 is 24.4 Å². The smallest absolute Gasteiger partial charge is 0.396 e. The Morgan fingerprint density at radius 1 is 1.04 bits per heavy atom. The Morgan fingerprint density at radius 3 is 2.36 bits per heavy atom. The number of hydrogen-bond donors (Lipinski definition) is 3. The van der Waals surface area contributed by atoms with Crippen molar-refractivity contribution in [3.63, 3.8) is 0 Å². The lowest BCUT2D eigenvalue weighted by molar-refractivity contribution is 0.104. The van der Waals surface area contributed by atoms with Gasteiger partial charge in [-0.1, -0.05) is 12.1 Å². The largest absolute Gasteiger partial charge is 0.494 e. The van der Waals surface area contributed by atoms with Crippen molar-refractivity contribution in [2.75, 3.05) is 19.8 Å². The minimum atomic E-state index is -4.86. The van der Waals surface area contributed by atoms with E-state index in [1.165, 1.54) is 12.1 Å². The van der Waals surface area contributed by atoms with Gasteiger partial charge in [-0.05, 0) is 61.2 Å². The van der Waals surface area contributed by atoms with E-state index in [0.29, 0.717) is 43.8 Å². The maximum Gasteiger partial charge on any atom is 0.396 e. The minimum absolute atomic E-state index is 0.0584. The fraction of sp³-hybridized carbons (Fsp3) is 0.350. The third-order valence-corrected chi connectivity index (χ3v) is 4.80. The van der Waals surface area contributed by atoms with E-state index in [-0.39, 0.29) is 12.2 Å². The van der Waals surface area contributed by atoms with Gasteiger partial charge in [-0.2, -0.15) is 0 Å². The van der Waals surface area contributed by atoms with E-state index in [2.05, 4.69) is 0 Å². The molecule has 0 radical (unpaired) electrons. The summed E-state index contributed by atoms with van der Waals surface area (Å²) in [6.45, 7) is 2.94. The second-order valence-electron chi connectivity index (χ2n) is 6.20. The zero-order chi connectivity index (χ0) is 20.6. The predicted octanol–water partition coefficient (Wildman–Crippen LogP) is 3.15. The zero-order valence-electron chi connectivity index (χ0n) is 15.7. The zero-order valence-corrected chi connectivity index (χ0v) is 16.6. The summed E-state index contributed by atoms with van der Waals surface area (Å²) in [5.74, 6) is 1.28. The lowest BCUT2D eigenvalue weighted by Crippen LogP contribution is -2.05. The molecule has 0 fully saturated rings. The monoisotopic (exact) mass is 408 g/mol. The molecule has 0 unspecified atom stereocenters. The Bertz CT molecular complexity index is 827. The SMILES string of the molecule is CCOc1ccc(Cc2cc(C(=O)P(=O)(O)O)ccc2OCCCCO)cc1. The summed E-state index contributed by atoms with van der Waals surface area (Å²) in [6, 6.07) is 11.8. The molecule has 0 amide bonds. The summed E-state index contributed by atoms with van der Waals surface area (Å²) in [5.41, 5.74) is 0.307. The summed E-state index contributed by atoms with van der Waals surface area (Å²) in [4.78, 5) is 30.3. The molecule has 0 aliphatic carbocycles. The van der Waals surface area contributed by atoms with Crippen LogP contribution in [0.25, 0.3) is 0 Å². The van der Waals surface area contributed by atoms with E-state index in [4.69, 9.17) is 24.4 Å². The van der Waals surface area contributed by atoms with Crippen molar-refractivity contribution >= 4 is 13.1 Å². The van der Waals surface area contributed by atoms with E-state index < -0.39 is 13.1 Å². The lowest BCUT2D eigenvalue weighted by Gasteiger charge is -2.14. The molecule has 0 aliphatic rings. The van der Waals surface area contributed by atoms with Gasteiger partial charge in [-0.25, -0.2) is 0 Å². The van der Waals surface area contributed by atoms with Crippen LogP contribution in [0.1, 0.15) is 41.3 Å². The summed E-state index contributed by atoms with van der Waals surface area (Å²) in [5, 5.41) is 8.87. The molecule has 0 bridgehead atoms. The Kier molecular flexibility index (Phi) is 8.20. The molecule has 7 nitrogen and oxygen atoms in total. The number of aliphatic hydroxyl groups excluding tert-OH is 1. The average Bonchev–Trinajstić information content (AvgIpc) is 2.66. The molecule has 0 heterocycles. The van der Waals surface area contributed by atoms with Gasteiger partial charge in [-0.15, -0.1) is 0 Å². The normalized spacial score (nSPS) is 11.3. The molecule has 0 aromatic heterocycles. The second-order valence-corrected chi connectivity index (χ2v) is 7.70. The molecule has 0 saturated carbocycles. The number of rotatable bonds is 11. The van der Waals surface area contributed by atoms with Gasteiger partial charge in [-0.3, -0.25) is 9.36 Å². The predicted molar refractivity (Wildman–Crippen MR) is 105 cm³/mol. The maximum absolute atomic E-state index is 11.9. The molecule has 28 heavy (non-hydrogen) atoms. The van der Waals surface area contributed by atoms with Gasteiger partial charge >= 0.3 is 7.60 Å². The first kappa shape index (κ1) is 22.1. The number of hydrogen-bond acceptors (Lipinski definition) is 5. The molecule has 0 aliphatic heterocycles. The lowest BCUT2D eigenvalue weighted by atomic mass is 10.0. The van der Waals surface area contributed by atoms with E-state index in [1.54, 1.807) is 6.07 Å². The third kappa shape index (κ3) is 6.46. The maximum atomic E-state index is 11.9. The molecule has 8 heteroatoms. The highest BCUT2D eigenvalue weighted by Crippen LogP contribution is 2.40. The summed E-state index contributed by atoms with van der Waals surface area (Å²) < 4.78 is 22.5. The van der Waals surface area contributed by atoms with Crippen LogP contribution in [-0.4, -0.2) is 40.2 Å². The minimum Gasteiger partial charge on any atom is -0.494 e. The number of carbonyl (C=O) groups is 1. The standard InChI is InChI=1S/C20H25O7P/c1-2-26-18-8-5-15(6-9-18)13-17-14-16(20(22)28(23,24)25)7-10-19(17)27-12-4-3-11-21/h5-10,14,21H,2-4,11-13H2,1H3,(H2,23,24,25). The second kappa shape index (κ2) is 10.4. The molecule has 2 aromatic carbocycles. The van der Waals surface area contributed by atoms with E-state index in [9.17, 15) is 9.36 Å². The molecule has 2 rings (SSSR count). The topological polar surface area (TPSA) is 113 Å². The number of carbonyl (C=O) groups excluding carboxylic acids is 1. The van der Waals surface area contributed by atoms with Crippen LogP contribution in [0.2, 0.25) is 0 Å². The Balaban J connectivity index is 2.27. The molecule has 0 saturated heterocycles. The van der Waals surface area contributed by atoms with E-state index in [0.717, 1.165) is 11.3 Å². The Labute approximate surface area is 164 Å². The fourth-order valence-electron chi connectivity index (χ4n) is 2.65. The van der Waals surface area contributed by atoms with Gasteiger partial charge in [0.05, 0.1) is 13.2 Å². The molecular formula is C20H25O7P. The summed E-state index contributed by atoms with van der Waals surface area (Å²) in [7, 11) is -4.86. The molecule has 152 valence electrons. The quantitative estimate of drug-likeness (QED) is 0.387. The van der Waals surface area contributed by atoms with Crippen LogP contribution in [0, 0.1) is 0 Å². The number of ether oxygens (including phenoxy) is 2. The van der Waals surface area contributed by atoms with Crippen molar-refractivity contribution in [3.05, 3.63) is 59.2 Å². The van der Waals surface area contributed by atoms with Gasteiger partial charge in [0.2, 0.25) is 0 Å². The highest BCUT2D eigenvalue weighted by molar-refractivity contribution is 7.70. The van der Waals surface area contributed by atoms with Crippen LogP contribution in [0.15, 0.2) is 42.5 Å². The highest BCUT2D eigenvalue weighted by atomic mass is 31.2. The molecular weight excluding hydrogens is 383 g/mol. The van der Waals surface area contributed by atoms with Crippen molar-refractivity contribution in [2.45, 2.75) is 26.2 Å². The Morgan fingerprint density at radius 2 is 1.75 bits per heavy atom. The van der Waals surface area contributed by atoms with E-state index in [1.807, 2.05) is 31.2 Å². The number of benzene rings is 2. The number of unbranched alkanes of at least 4 members (excludes halogenated alkanes) is 1. The molecule has 3 N–H and O–H groups in total. The Hall–Kier alpha value is -2.18. The van der Waals surface area contributed by atoms with Crippen molar-refractivity contribution in [1.82, 2.24) is 0 Å². The van der Waals surface area contributed by atoms with Crippen molar-refractivity contribution in [3.8, 4) is 11.5 Å². The van der Waals surface area contributed by atoms with Gasteiger partial charge in [0.15, 0.2) is 0 Å². The van der Waals surface area contributed by atoms with Gasteiger partial charge in [0.1, 0.15) is 11.5 Å². The first-order chi connectivity index (χ1) is 13.3. The van der Waals surface area contributed by atoms with Crippen LogP contribution in [0.4, 0.5) is 0 Å². The fourth-order valence-corrected chi connectivity index (χ4v) is 3.12. The first-order valence-corrected chi connectivity index (χ1v) is 10.6. The van der Waals surface area contributed by atoms with E-state index >= 15 is 0 Å². The van der Waals surface area contributed by atoms with Crippen LogP contribution in [-0.2, 0) is 11.0 Å². The van der Waals surface area contributed by atoms with Crippen molar-refractivity contribution in [1.29, 1.82) is 0 Å². The van der Waals surface area contributed by atoms with Crippen LogP contribution < -0.4 is 9.47 Å². The van der Waals surface area contributed by atoms with Crippen molar-refractivity contribution < 1.29 is 33.7 Å². The van der Waals surface area contributed by atoms with Crippen LogP contribution in [0.5, 0.6) is 11.5 Å². The van der Waals surface area contributed by atoms with Crippen LogP contribution in [0.3, 0.4) is 0 Å². The third-order valence-electron chi connectivity index (χ3n) is 4.01. The average molecular weight is 408 g/mol. The van der Waals surface area contributed by atoms with Gasteiger partial charge in [0.25, 0.3) is 5.52 Å². The number of aliphatic hydroxyl groups is 1. The first-order valence-electron chi connectivity index (χ1n) is 9.04.